The summed E-state index contributed by atoms with van der Waals surface area (Å²) in [6, 6.07) is 20.1. The van der Waals surface area contributed by atoms with Crippen LogP contribution in [0.5, 0.6) is 0 Å². The van der Waals surface area contributed by atoms with Gasteiger partial charge >= 0.3 is 0 Å². The van der Waals surface area contributed by atoms with Gasteiger partial charge in [-0.2, -0.15) is 0 Å². The Morgan fingerprint density at radius 3 is 1.33 bits per heavy atom. The van der Waals surface area contributed by atoms with Gasteiger partial charge in [-0.25, -0.2) is 17.2 Å². The largest absolute Gasteiger partial charge is 0.398 e. The molecule has 4 nitrogen and oxygen atoms in total. The Morgan fingerprint density at radius 2 is 0.974 bits per heavy atom. The first kappa shape index (κ1) is 28.4. The molecule has 4 aromatic carbocycles. The van der Waals surface area contributed by atoms with Gasteiger partial charge in [0.25, 0.3) is 0 Å². The number of hydrogen-bond donors (Lipinski definition) is 2. The maximum absolute atomic E-state index is 14.3. The van der Waals surface area contributed by atoms with Gasteiger partial charge in [-0.1, -0.05) is 71.8 Å². The van der Waals surface area contributed by atoms with Crippen LogP contribution in [0.2, 0.25) is 10.0 Å². The van der Waals surface area contributed by atoms with Crippen LogP contribution in [-0.2, 0) is 9.84 Å². The van der Waals surface area contributed by atoms with E-state index in [0.29, 0.717) is 43.7 Å². The zero-order valence-electron chi connectivity index (χ0n) is 20.4. The molecule has 0 aliphatic heterocycles. The third-order valence-corrected chi connectivity index (χ3v) is 8.85. The molecule has 0 aliphatic rings. The summed E-state index contributed by atoms with van der Waals surface area (Å²) >= 11 is 12.2. The first-order valence-electron chi connectivity index (χ1n) is 11.7. The molecular formula is C30H24Cl2F2N2O2S. The van der Waals surface area contributed by atoms with E-state index in [4.69, 9.17) is 34.7 Å². The number of halogens is 4. The van der Waals surface area contributed by atoms with Gasteiger partial charge in [-0.05, 0) is 82.9 Å². The zero-order valence-corrected chi connectivity index (χ0v) is 22.8. The van der Waals surface area contributed by atoms with Crippen molar-refractivity contribution in [1.29, 1.82) is 0 Å². The average Bonchev–Trinajstić information content (AvgIpc) is 2.90. The predicted molar refractivity (Wildman–Crippen MR) is 157 cm³/mol. The van der Waals surface area contributed by atoms with E-state index in [2.05, 4.69) is 0 Å². The quantitative estimate of drug-likeness (QED) is 0.205. The fourth-order valence-corrected chi connectivity index (χ4v) is 6.39. The molecule has 2 unspecified atom stereocenters. The first-order valence-corrected chi connectivity index (χ1v) is 14.1. The molecule has 0 aliphatic carbocycles. The monoisotopic (exact) mass is 584 g/mol. The summed E-state index contributed by atoms with van der Waals surface area (Å²) in [7, 11) is -4.15. The molecule has 0 radical (unpaired) electrons. The van der Waals surface area contributed by atoms with Gasteiger partial charge in [0.15, 0.2) is 9.84 Å². The lowest BCUT2D eigenvalue weighted by Crippen LogP contribution is -2.19. The molecule has 0 aromatic heterocycles. The third-order valence-electron chi connectivity index (χ3n) is 6.10. The number of nitrogen functional groups attached to an aromatic ring is 2. The molecule has 200 valence electrons. The SMILES string of the molecule is Nc1ccc(Cl)cc1/C=C/C(c1ccc(F)cc1)S(=O)(=O)C(/C=C/c1cc(Cl)ccc1N)c1ccc(F)cc1. The molecule has 4 N–H and O–H groups in total. The molecule has 0 amide bonds. The van der Waals surface area contributed by atoms with Gasteiger partial charge < -0.3 is 11.5 Å². The van der Waals surface area contributed by atoms with Gasteiger partial charge in [0, 0.05) is 21.4 Å². The van der Waals surface area contributed by atoms with E-state index in [1.54, 1.807) is 48.6 Å². The van der Waals surface area contributed by atoms with E-state index < -0.39 is 32.0 Å². The van der Waals surface area contributed by atoms with Crippen molar-refractivity contribution < 1.29 is 17.2 Å². The van der Waals surface area contributed by atoms with Crippen molar-refractivity contribution in [2.75, 3.05) is 11.5 Å². The van der Waals surface area contributed by atoms with E-state index in [9.17, 15) is 17.2 Å². The number of nitrogens with two attached hydrogens (primary N) is 2. The van der Waals surface area contributed by atoms with Crippen molar-refractivity contribution in [3.05, 3.63) is 141 Å². The van der Waals surface area contributed by atoms with Crippen molar-refractivity contribution in [2.24, 2.45) is 0 Å². The second-order valence-corrected chi connectivity index (χ2v) is 11.9. The topological polar surface area (TPSA) is 86.2 Å². The first-order chi connectivity index (χ1) is 18.5. The summed E-state index contributed by atoms with van der Waals surface area (Å²) in [6.07, 6.45) is 6.08. The lowest BCUT2D eigenvalue weighted by atomic mass is 10.1. The summed E-state index contributed by atoms with van der Waals surface area (Å²) in [4.78, 5) is 0. The summed E-state index contributed by atoms with van der Waals surface area (Å²) in [5.41, 5.74) is 14.6. The van der Waals surface area contributed by atoms with Crippen LogP contribution in [-0.4, -0.2) is 8.42 Å². The minimum atomic E-state index is -4.15. The van der Waals surface area contributed by atoms with Crippen molar-refractivity contribution in [1.82, 2.24) is 0 Å². The molecule has 0 heterocycles. The number of benzene rings is 4. The minimum absolute atomic E-state index is 0.330. The molecule has 0 saturated heterocycles. The number of rotatable bonds is 8. The highest BCUT2D eigenvalue weighted by Gasteiger charge is 2.33. The molecule has 4 aromatic rings. The van der Waals surface area contributed by atoms with E-state index in [0.717, 1.165) is 0 Å². The second kappa shape index (κ2) is 12.0. The van der Waals surface area contributed by atoms with Crippen molar-refractivity contribution >= 4 is 56.6 Å². The van der Waals surface area contributed by atoms with E-state index >= 15 is 0 Å². The molecule has 39 heavy (non-hydrogen) atoms. The predicted octanol–water partition coefficient (Wildman–Crippen LogP) is 8.06. The number of sulfone groups is 1. The fraction of sp³-hybridized carbons (Fsp3) is 0.0667. The van der Waals surface area contributed by atoms with Crippen LogP contribution >= 0.6 is 23.2 Å². The Morgan fingerprint density at radius 1 is 0.615 bits per heavy atom. The second-order valence-electron chi connectivity index (χ2n) is 8.80. The van der Waals surface area contributed by atoms with Crippen molar-refractivity contribution in [3.63, 3.8) is 0 Å². The highest BCUT2D eigenvalue weighted by molar-refractivity contribution is 7.92. The highest BCUT2D eigenvalue weighted by atomic mass is 35.5. The van der Waals surface area contributed by atoms with Gasteiger partial charge in [0.1, 0.15) is 22.1 Å². The van der Waals surface area contributed by atoms with Crippen LogP contribution in [0, 0.1) is 11.6 Å². The lowest BCUT2D eigenvalue weighted by molar-refractivity contribution is 0.583. The van der Waals surface area contributed by atoms with Gasteiger partial charge in [0.05, 0.1) is 0 Å². The van der Waals surface area contributed by atoms with Gasteiger partial charge in [0.2, 0.25) is 0 Å². The molecule has 9 heteroatoms. The van der Waals surface area contributed by atoms with Crippen LogP contribution in [0.3, 0.4) is 0 Å². The summed E-state index contributed by atoms with van der Waals surface area (Å²) in [6.45, 7) is 0. The Bertz CT molecular complexity index is 1520. The van der Waals surface area contributed by atoms with Gasteiger partial charge in [-0.3, -0.25) is 0 Å². The highest BCUT2D eigenvalue weighted by Crippen LogP contribution is 2.38. The average molecular weight is 586 g/mol. The van der Waals surface area contributed by atoms with Crippen LogP contribution in [0.15, 0.2) is 97.1 Å². The normalized spacial score (nSPS) is 13.6. The molecule has 4 rings (SSSR count). The summed E-state index contributed by atoms with van der Waals surface area (Å²) < 4.78 is 56.2. The maximum atomic E-state index is 14.3. The molecule has 0 saturated carbocycles. The molecule has 0 spiro atoms. The summed E-state index contributed by atoms with van der Waals surface area (Å²) in [5.74, 6) is -1.02. The number of anilines is 2. The van der Waals surface area contributed by atoms with Gasteiger partial charge in [-0.15, -0.1) is 0 Å². The summed E-state index contributed by atoms with van der Waals surface area (Å²) in [5, 5.41) is -1.60. The maximum Gasteiger partial charge on any atom is 0.171 e. The Balaban J connectivity index is 1.87. The standard InChI is InChI=1S/C30H24Cl2F2N2O2S/c31-23-7-13-27(35)21(17-23)5-15-29(19-1-9-25(33)10-2-19)39(37,38)30(20-3-11-26(34)12-4-20)16-6-22-18-24(32)8-14-28(22)36/h1-18,29-30H,35-36H2/b15-5+,16-6+. The third kappa shape index (κ3) is 6.87. The molecule has 2 atom stereocenters. The van der Waals surface area contributed by atoms with Crippen LogP contribution in [0.4, 0.5) is 20.2 Å². The smallest absolute Gasteiger partial charge is 0.171 e. The minimum Gasteiger partial charge on any atom is -0.398 e. The van der Waals surface area contributed by atoms with Crippen LogP contribution in [0.1, 0.15) is 32.8 Å². The molecule has 0 fully saturated rings. The van der Waals surface area contributed by atoms with E-state index in [1.165, 1.54) is 60.7 Å². The lowest BCUT2D eigenvalue weighted by Gasteiger charge is -2.22. The fourth-order valence-electron chi connectivity index (χ4n) is 4.05. The zero-order chi connectivity index (χ0) is 28.2. The Kier molecular flexibility index (Phi) is 8.75. The molecule has 0 bridgehead atoms. The van der Waals surface area contributed by atoms with Crippen molar-refractivity contribution in [2.45, 2.75) is 10.5 Å². The van der Waals surface area contributed by atoms with Crippen LogP contribution in [0.25, 0.3) is 12.2 Å². The molecular weight excluding hydrogens is 561 g/mol. The van der Waals surface area contributed by atoms with Crippen molar-refractivity contribution in [3.8, 4) is 0 Å². The Hall–Kier alpha value is -3.65. The van der Waals surface area contributed by atoms with E-state index in [-0.39, 0.29) is 0 Å². The van der Waals surface area contributed by atoms with E-state index in [1.807, 2.05) is 0 Å². The Labute approximate surface area is 236 Å². The van der Waals surface area contributed by atoms with Crippen LogP contribution < -0.4 is 11.5 Å². The number of hydrogen-bond acceptors (Lipinski definition) is 4.